The molecular weight excluding hydrogens is 1370 g/mol. The Kier molecular flexibility index (Phi) is 67.9. The topological polar surface area (TPSA) is 245 Å². The molecule has 7 aromatic rings. The van der Waals surface area contributed by atoms with Crippen molar-refractivity contribution in [1.29, 1.82) is 0 Å². The van der Waals surface area contributed by atoms with Gasteiger partial charge in [0.25, 0.3) is 0 Å². The highest BCUT2D eigenvalue weighted by Crippen LogP contribution is 2.26. The van der Waals surface area contributed by atoms with Gasteiger partial charge < -0.3 is 9.78 Å². The van der Waals surface area contributed by atoms with Gasteiger partial charge >= 0.3 is 0 Å². The van der Waals surface area contributed by atoms with Crippen LogP contribution in [0.25, 0.3) is 0 Å². The van der Waals surface area contributed by atoms with E-state index < -0.39 is 0 Å². The van der Waals surface area contributed by atoms with Gasteiger partial charge in [0.1, 0.15) is 41.0 Å². The van der Waals surface area contributed by atoms with E-state index in [1.165, 1.54) is 30.6 Å². The number of aromatic amines is 2. The first-order valence-electron chi connectivity index (χ1n) is 38.8. The van der Waals surface area contributed by atoms with Crippen molar-refractivity contribution in [2.75, 3.05) is 0 Å². The molecule has 0 aliphatic heterocycles. The van der Waals surface area contributed by atoms with Gasteiger partial charge in [-0.1, -0.05) is 246 Å². The van der Waals surface area contributed by atoms with E-state index in [-0.39, 0.29) is 81.9 Å². The number of hydrogen-bond donors (Lipinski definition) is 2. The maximum atomic E-state index is 11.7. The molecule has 6 aromatic heterocycles. The summed E-state index contributed by atoms with van der Waals surface area (Å²) in [5.74, 6) is 8.45. The first-order chi connectivity index (χ1) is 49.9. The zero-order valence-corrected chi connectivity index (χ0v) is 74.9. The average Bonchev–Trinajstić information content (AvgIpc) is 1.03. The molecule has 0 saturated carbocycles. The summed E-state index contributed by atoms with van der Waals surface area (Å²) in [4.78, 5) is 112. The van der Waals surface area contributed by atoms with Crippen LogP contribution in [0.2, 0.25) is 0 Å². The molecule has 0 radical (unpaired) electrons. The molecule has 7 rings (SSSR count). The van der Waals surface area contributed by atoms with E-state index in [9.17, 15) is 38.4 Å². The summed E-state index contributed by atoms with van der Waals surface area (Å²) in [5, 5.41) is 6.21. The van der Waals surface area contributed by atoms with Gasteiger partial charge in [0, 0.05) is 125 Å². The van der Waals surface area contributed by atoms with E-state index in [0.717, 1.165) is 57.8 Å². The van der Waals surface area contributed by atoms with Crippen LogP contribution in [0.5, 0.6) is 0 Å². The number of pyridine rings is 2. The number of thiophene rings is 1. The Labute approximate surface area is 661 Å². The Bertz CT molecular complexity index is 3160. The summed E-state index contributed by atoms with van der Waals surface area (Å²) >= 11 is 1.63. The third kappa shape index (κ3) is 66.3. The van der Waals surface area contributed by atoms with Gasteiger partial charge in [-0.3, -0.25) is 43.6 Å². The molecule has 0 amide bonds. The van der Waals surface area contributed by atoms with E-state index in [1.807, 2.05) is 158 Å². The second-order valence-electron chi connectivity index (χ2n) is 31.7. The van der Waals surface area contributed by atoms with E-state index in [0.29, 0.717) is 47.0 Å². The number of rotatable bonds is 19. The first-order valence-corrected chi connectivity index (χ1v) is 39.6. The van der Waals surface area contributed by atoms with E-state index in [2.05, 4.69) is 177 Å². The van der Waals surface area contributed by atoms with E-state index in [1.54, 1.807) is 74.5 Å². The number of nitrogens with zero attached hydrogens (tertiary/aromatic N) is 6. The van der Waals surface area contributed by atoms with Crippen LogP contribution in [0, 0.1) is 59.2 Å². The largest absolute Gasteiger partial charge is 0.348 e. The Morgan fingerprint density at radius 2 is 0.861 bits per heavy atom. The summed E-state index contributed by atoms with van der Waals surface area (Å²) in [6.07, 6.45) is 17.2. The molecular formula is C91H150N8O8S. The number of aromatic nitrogens is 8. The van der Waals surface area contributed by atoms with Gasteiger partial charge in [0.15, 0.2) is 23.1 Å². The fraction of sp³-hybridized carbons (Fsp3) is 0.582. The number of hydrogen-bond acceptors (Lipinski definition) is 15. The Hall–Kier alpha value is -7.92. The number of Topliss-reactive ketones (excluding diaryl/α,β-unsaturated/α-hetero) is 8. The zero-order valence-electron chi connectivity index (χ0n) is 74.1. The van der Waals surface area contributed by atoms with Gasteiger partial charge in [-0.15, -0.1) is 11.3 Å². The molecule has 0 fully saturated rings. The monoisotopic (exact) mass is 1520 g/mol. The van der Waals surface area contributed by atoms with Crippen LogP contribution in [-0.4, -0.2) is 86.4 Å². The highest BCUT2D eigenvalue weighted by molar-refractivity contribution is 7.14. The van der Waals surface area contributed by atoms with Gasteiger partial charge in [-0.25, -0.2) is 19.9 Å². The van der Waals surface area contributed by atoms with Crippen molar-refractivity contribution in [1.82, 2.24) is 40.1 Å². The molecule has 0 saturated heterocycles. The number of carbonyl (C=O) groups is 8. The zero-order chi connectivity index (χ0) is 85.1. The Morgan fingerprint density at radius 1 is 0.407 bits per heavy atom. The van der Waals surface area contributed by atoms with Crippen LogP contribution in [0.1, 0.15) is 360 Å². The third-order valence-corrected chi connectivity index (χ3v) is 15.3. The van der Waals surface area contributed by atoms with Crippen LogP contribution in [0.3, 0.4) is 0 Å². The predicted octanol–water partition coefficient (Wildman–Crippen LogP) is 24.9. The number of carbonyl (C=O) groups excluding carboxylic acids is 8. The molecule has 16 nitrogen and oxygen atoms in total. The van der Waals surface area contributed by atoms with Crippen molar-refractivity contribution in [3.63, 3.8) is 0 Å². The van der Waals surface area contributed by atoms with Crippen molar-refractivity contribution in [2.45, 2.75) is 292 Å². The van der Waals surface area contributed by atoms with Crippen molar-refractivity contribution in [3.8, 4) is 0 Å². The van der Waals surface area contributed by atoms with Crippen LogP contribution < -0.4 is 0 Å². The maximum absolute atomic E-state index is 11.7. The third-order valence-electron chi connectivity index (χ3n) is 13.9. The lowest BCUT2D eigenvalue weighted by molar-refractivity contribution is -0.122. The molecule has 0 bridgehead atoms. The van der Waals surface area contributed by atoms with Gasteiger partial charge in [0.05, 0.1) is 4.88 Å². The summed E-state index contributed by atoms with van der Waals surface area (Å²) in [5.41, 5.74) is 5.49. The maximum Gasteiger partial charge on any atom is 0.183 e. The lowest BCUT2D eigenvalue weighted by Crippen LogP contribution is -2.10. The van der Waals surface area contributed by atoms with Gasteiger partial charge in [-0.2, -0.15) is 5.10 Å². The predicted molar refractivity (Wildman–Crippen MR) is 458 cm³/mol. The highest BCUT2D eigenvalue weighted by Gasteiger charge is 2.16. The summed E-state index contributed by atoms with van der Waals surface area (Å²) in [6.45, 7) is 71.5. The fourth-order valence-corrected chi connectivity index (χ4v) is 7.79. The molecule has 0 atom stereocenters. The molecule has 0 unspecified atom stereocenters. The Morgan fingerprint density at radius 3 is 1.17 bits per heavy atom. The quantitative estimate of drug-likeness (QED) is 0.0715. The molecule has 6 heterocycles. The van der Waals surface area contributed by atoms with Gasteiger partial charge in [0.2, 0.25) is 0 Å². The normalized spacial score (nSPS) is 10.2. The van der Waals surface area contributed by atoms with E-state index >= 15 is 0 Å². The van der Waals surface area contributed by atoms with Gasteiger partial charge in [-0.05, 0) is 135 Å². The lowest BCUT2D eigenvalue weighted by atomic mass is 9.96. The minimum absolute atomic E-state index is 0.0184. The van der Waals surface area contributed by atoms with Crippen LogP contribution >= 0.6 is 11.3 Å². The second-order valence-corrected chi connectivity index (χ2v) is 32.8. The van der Waals surface area contributed by atoms with Crippen molar-refractivity contribution in [3.05, 3.63) is 178 Å². The number of imidazole rings is 1. The minimum Gasteiger partial charge on any atom is -0.348 e. The summed E-state index contributed by atoms with van der Waals surface area (Å²) < 4.78 is 0. The smallest absolute Gasteiger partial charge is 0.183 e. The molecule has 108 heavy (non-hydrogen) atoms. The summed E-state index contributed by atoms with van der Waals surface area (Å²) in [6, 6.07) is 23.1. The average molecular weight is 1520 g/mol. The fourth-order valence-electron chi connectivity index (χ4n) is 6.69. The first kappa shape index (κ1) is 111. The van der Waals surface area contributed by atoms with Crippen LogP contribution in [-0.2, 0) is 19.2 Å². The molecule has 0 spiro atoms. The van der Waals surface area contributed by atoms with Crippen LogP contribution in [0.15, 0.2) is 129 Å². The SMILES string of the molecule is CC(=O)C(C)C.CC(=O)C(C)C.CC(C)=O.CC(C)C.CC(C)C.CC(C)C(=O)c1ccc(C(C)C)s1.CC(C)C(=O)c1cccc(C(C)C)c1.CC(C)C(=O)c1cccc(C(C)C)n1.CC(C)C(=O)c1cncc(C(C)C)c1.CC(C)CCC(=O)C(C)C.CC(C)c1ncc[nH]1.c1cn[nH]c1.c1cncnc1. The second kappa shape index (κ2) is 66.1. The molecule has 0 aliphatic carbocycles. The summed E-state index contributed by atoms with van der Waals surface area (Å²) in [7, 11) is 0. The van der Waals surface area contributed by atoms with E-state index in [4.69, 9.17) is 0 Å². The number of nitrogens with one attached hydrogen (secondary N) is 2. The lowest BCUT2D eigenvalue weighted by Gasteiger charge is -2.08. The molecule has 608 valence electrons. The number of benzene rings is 1. The van der Waals surface area contributed by atoms with Crippen LogP contribution in [0.4, 0.5) is 0 Å². The van der Waals surface area contributed by atoms with Crippen molar-refractivity contribution < 1.29 is 38.4 Å². The molecule has 0 aliphatic rings. The van der Waals surface area contributed by atoms with Crippen molar-refractivity contribution in [2.24, 2.45) is 59.2 Å². The minimum atomic E-state index is 0.0184. The molecule has 2 N–H and O–H groups in total. The molecule has 1 aromatic carbocycles. The highest BCUT2D eigenvalue weighted by atomic mass is 32.1. The number of H-pyrrole nitrogens is 2. The molecule has 17 heteroatoms. The van der Waals surface area contributed by atoms with Crippen molar-refractivity contribution >= 4 is 57.6 Å². The Balaban J connectivity index is -0.000000267. The standard InChI is InChI=1S/C13H18O.2C12H17NO.C11H16OS.C9H18O.C6H10N2.2C5H10O.C4H4N2.2C4H10.C3H4N2.C3H6O/c1-9(2)11-6-5-7-12(8-11)13(14)10(3)4;1-8(2)10-5-11(7-13-6-10)12(14)9(3)4;1-8(2)10-6-5-7-11(13-10)12(14)9(3)4;1-7(2)9-5-6-10(13-9)11(12)8(3)4;1-7(2)5-6-9(10)8(3)4;1-5(2)6-7-3-4-8-6;2*1-4(2)5(3)6;1-2-5-4-6-3-1;2*1-4(2)3;1-2-4-5-3-1;1-3(2)4/h5-10H,1-4H3;2*5-9H,1-4H3;5-8H,1-4H3;7-8H,5-6H2,1-4H3;3-5H,1-2H3,(H,7,8);2*4H,1-3H3;1-4H;2*4H,1-3H3;1-3H,(H,4,5);1-2H3. The number of ketones is 8.